The SMILES string of the molecule is C/C(=N\NC(=O)c1ccccc1NS(=O)(=O)c1cccs1)c1ccc(Br)s1. The van der Waals surface area contributed by atoms with Crippen molar-refractivity contribution in [1.29, 1.82) is 0 Å². The summed E-state index contributed by atoms with van der Waals surface area (Å²) in [4.78, 5) is 13.4. The molecule has 0 aliphatic heterocycles. The molecule has 3 aromatic rings. The van der Waals surface area contributed by atoms with E-state index in [1.165, 1.54) is 29.5 Å². The second-order valence-corrected chi connectivity index (χ2v) is 10.6. The van der Waals surface area contributed by atoms with Crippen molar-refractivity contribution in [3.8, 4) is 0 Å². The molecule has 0 saturated heterocycles. The van der Waals surface area contributed by atoms with Crippen molar-refractivity contribution in [1.82, 2.24) is 5.43 Å². The van der Waals surface area contributed by atoms with Crippen LogP contribution < -0.4 is 10.1 Å². The summed E-state index contributed by atoms with van der Waals surface area (Å²) in [6.07, 6.45) is 0. The van der Waals surface area contributed by atoms with Crippen molar-refractivity contribution in [2.75, 3.05) is 4.72 Å². The number of hydrogen-bond donors (Lipinski definition) is 2. The van der Waals surface area contributed by atoms with E-state index in [0.717, 1.165) is 20.0 Å². The number of amides is 1. The van der Waals surface area contributed by atoms with E-state index in [0.29, 0.717) is 5.71 Å². The number of para-hydroxylation sites is 1. The number of anilines is 1. The summed E-state index contributed by atoms with van der Waals surface area (Å²) in [5.74, 6) is -0.505. The summed E-state index contributed by atoms with van der Waals surface area (Å²) in [6.45, 7) is 1.78. The van der Waals surface area contributed by atoms with Gasteiger partial charge in [-0.2, -0.15) is 5.10 Å². The van der Waals surface area contributed by atoms with Gasteiger partial charge in [0.25, 0.3) is 15.9 Å². The van der Waals surface area contributed by atoms with Crippen molar-refractivity contribution >= 4 is 65.9 Å². The first kappa shape index (κ1) is 19.7. The summed E-state index contributed by atoms with van der Waals surface area (Å²) in [6, 6.07) is 13.3. The highest BCUT2D eigenvalue weighted by Crippen LogP contribution is 2.24. The minimum atomic E-state index is -3.75. The van der Waals surface area contributed by atoms with Gasteiger partial charge < -0.3 is 0 Å². The molecule has 0 aliphatic rings. The Hall–Kier alpha value is -2.01. The second-order valence-electron chi connectivity index (χ2n) is 5.33. The Labute approximate surface area is 173 Å². The zero-order valence-corrected chi connectivity index (χ0v) is 18.0. The quantitative estimate of drug-likeness (QED) is 0.398. The number of rotatable bonds is 6. The topological polar surface area (TPSA) is 87.6 Å². The first-order valence-corrected chi connectivity index (χ1v) is 11.6. The molecule has 2 aromatic heterocycles. The van der Waals surface area contributed by atoms with Crippen molar-refractivity contribution in [3.05, 3.63) is 68.1 Å². The Balaban J connectivity index is 1.80. The molecule has 0 radical (unpaired) electrons. The van der Waals surface area contributed by atoms with Gasteiger partial charge in [0.2, 0.25) is 0 Å². The van der Waals surface area contributed by atoms with Gasteiger partial charge in [-0.25, -0.2) is 13.8 Å². The summed E-state index contributed by atoms with van der Waals surface area (Å²) < 4.78 is 28.5. The maximum atomic E-state index is 12.5. The molecule has 27 heavy (non-hydrogen) atoms. The predicted octanol–water partition coefficient (Wildman–Crippen LogP) is 4.53. The fourth-order valence-corrected chi connectivity index (χ4v) is 5.54. The van der Waals surface area contributed by atoms with Gasteiger partial charge in [-0.05, 0) is 58.6 Å². The normalized spacial score (nSPS) is 12.0. The zero-order chi connectivity index (χ0) is 19.4. The van der Waals surface area contributed by atoms with Crippen LogP contribution >= 0.6 is 38.6 Å². The maximum Gasteiger partial charge on any atom is 0.273 e. The Morgan fingerprint density at radius 3 is 2.56 bits per heavy atom. The summed E-state index contributed by atoms with van der Waals surface area (Å²) in [5, 5.41) is 5.78. The molecule has 0 spiro atoms. The molecule has 10 heteroatoms. The standard InChI is InChI=1S/C17H14BrN3O3S3/c1-11(14-8-9-15(18)26-14)19-20-17(22)12-5-2-3-6-13(12)21-27(23,24)16-7-4-10-25-16/h2-10,21H,1H3,(H,20,22)/b19-11+. The van der Waals surface area contributed by atoms with Gasteiger partial charge in [0, 0.05) is 0 Å². The largest absolute Gasteiger partial charge is 0.278 e. The Bertz CT molecular complexity index is 1090. The third-order valence-corrected chi connectivity index (χ3v) is 7.93. The van der Waals surface area contributed by atoms with Gasteiger partial charge in [-0.1, -0.05) is 18.2 Å². The van der Waals surface area contributed by atoms with Crippen LogP contribution in [0.25, 0.3) is 0 Å². The highest BCUT2D eigenvalue weighted by atomic mass is 79.9. The van der Waals surface area contributed by atoms with E-state index in [9.17, 15) is 13.2 Å². The molecule has 2 heterocycles. The monoisotopic (exact) mass is 483 g/mol. The zero-order valence-electron chi connectivity index (χ0n) is 14.0. The number of nitrogens with zero attached hydrogens (tertiary/aromatic N) is 1. The highest BCUT2D eigenvalue weighted by Gasteiger charge is 2.19. The Morgan fingerprint density at radius 2 is 1.89 bits per heavy atom. The van der Waals surface area contributed by atoms with Gasteiger partial charge in [-0.3, -0.25) is 9.52 Å². The van der Waals surface area contributed by atoms with Gasteiger partial charge in [-0.15, -0.1) is 22.7 Å². The lowest BCUT2D eigenvalue weighted by Crippen LogP contribution is -2.22. The second kappa shape index (κ2) is 8.34. The van der Waals surface area contributed by atoms with Crippen LogP contribution in [0.4, 0.5) is 5.69 Å². The fourth-order valence-electron chi connectivity index (χ4n) is 2.14. The number of nitrogens with one attached hydrogen (secondary N) is 2. The lowest BCUT2D eigenvalue weighted by Gasteiger charge is -2.10. The molecule has 0 fully saturated rings. The Kier molecular flexibility index (Phi) is 6.10. The molecule has 1 amide bonds. The van der Waals surface area contributed by atoms with E-state index in [1.807, 2.05) is 12.1 Å². The number of carbonyl (C=O) groups excluding carboxylic acids is 1. The number of hydrogen-bond acceptors (Lipinski definition) is 6. The third-order valence-electron chi connectivity index (χ3n) is 3.43. The molecular weight excluding hydrogens is 470 g/mol. The van der Waals surface area contributed by atoms with Crippen molar-refractivity contribution < 1.29 is 13.2 Å². The Morgan fingerprint density at radius 1 is 1.11 bits per heavy atom. The minimum absolute atomic E-state index is 0.176. The van der Waals surface area contributed by atoms with Crippen LogP contribution in [-0.2, 0) is 10.0 Å². The lowest BCUT2D eigenvalue weighted by molar-refractivity contribution is 0.0955. The van der Waals surface area contributed by atoms with E-state index in [1.54, 1.807) is 30.5 Å². The van der Waals surface area contributed by atoms with Gasteiger partial charge in [0.1, 0.15) is 4.21 Å². The number of thiophene rings is 2. The number of halogens is 1. The van der Waals surface area contributed by atoms with Crippen LogP contribution in [0.15, 0.2) is 67.0 Å². The number of benzene rings is 1. The van der Waals surface area contributed by atoms with Crippen LogP contribution in [-0.4, -0.2) is 20.0 Å². The fraction of sp³-hybridized carbons (Fsp3) is 0.0588. The molecule has 0 aliphatic carbocycles. The molecule has 3 rings (SSSR count). The van der Waals surface area contributed by atoms with E-state index < -0.39 is 15.9 Å². The smallest absolute Gasteiger partial charge is 0.273 e. The van der Waals surface area contributed by atoms with Crippen molar-refractivity contribution in [2.45, 2.75) is 11.1 Å². The third kappa shape index (κ3) is 4.83. The summed E-state index contributed by atoms with van der Waals surface area (Å²) in [7, 11) is -3.75. The van der Waals surface area contributed by atoms with Crippen molar-refractivity contribution in [2.24, 2.45) is 5.10 Å². The first-order chi connectivity index (χ1) is 12.9. The lowest BCUT2D eigenvalue weighted by atomic mass is 10.2. The van der Waals surface area contributed by atoms with Crippen LogP contribution in [0.3, 0.4) is 0 Å². The number of sulfonamides is 1. The molecule has 0 unspecified atom stereocenters. The van der Waals surface area contributed by atoms with Crippen LogP contribution in [0.5, 0.6) is 0 Å². The first-order valence-electron chi connectivity index (χ1n) is 7.62. The number of carbonyl (C=O) groups is 1. The van der Waals surface area contributed by atoms with Crippen LogP contribution in [0.1, 0.15) is 22.2 Å². The maximum absolute atomic E-state index is 12.5. The van der Waals surface area contributed by atoms with E-state index >= 15 is 0 Å². The molecule has 2 N–H and O–H groups in total. The minimum Gasteiger partial charge on any atom is -0.278 e. The average Bonchev–Trinajstić information content (AvgIpc) is 3.31. The van der Waals surface area contributed by atoms with E-state index in [4.69, 9.17) is 0 Å². The van der Waals surface area contributed by atoms with Gasteiger partial charge >= 0.3 is 0 Å². The summed E-state index contributed by atoms with van der Waals surface area (Å²) in [5.41, 5.74) is 3.50. The van der Waals surface area contributed by atoms with E-state index in [2.05, 4.69) is 31.2 Å². The van der Waals surface area contributed by atoms with E-state index in [-0.39, 0.29) is 15.5 Å². The average molecular weight is 484 g/mol. The molecule has 0 bridgehead atoms. The van der Waals surface area contributed by atoms with Crippen molar-refractivity contribution in [3.63, 3.8) is 0 Å². The predicted molar refractivity (Wildman–Crippen MR) is 113 cm³/mol. The summed E-state index contributed by atoms with van der Waals surface area (Å²) >= 11 is 5.98. The van der Waals surface area contributed by atoms with Gasteiger partial charge in [0.15, 0.2) is 0 Å². The highest BCUT2D eigenvalue weighted by molar-refractivity contribution is 9.11. The molecular formula is C17H14BrN3O3S3. The molecule has 0 atom stereocenters. The molecule has 1 aromatic carbocycles. The molecule has 0 saturated carbocycles. The molecule has 140 valence electrons. The van der Waals surface area contributed by atoms with Crippen LogP contribution in [0.2, 0.25) is 0 Å². The molecule has 6 nitrogen and oxygen atoms in total. The van der Waals surface area contributed by atoms with Crippen LogP contribution in [0, 0.1) is 0 Å². The number of hydrazone groups is 1. The van der Waals surface area contributed by atoms with Gasteiger partial charge in [0.05, 0.1) is 25.6 Å².